The van der Waals surface area contributed by atoms with Crippen molar-refractivity contribution in [2.24, 2.45) is 5.73 Å². The predicted molar refractivity (Wildman–Crippen MR) is 58.6 cm³/mol. The zero-order valence-electron chi connectivity index (χ0n) is 9.10. The first-order valence-corrected chi connectivity index (χ1v) is 5.25. The summed E-state index contributed by atoms with van der Waals surface area (Å²) >= 11 is 0. The quantitative estimate of drug-likeness (QED) is 0.510. The van der Waals surface area contributed by atoms with Gasteiger partial charge < -0.3 is 11.1 Å². The average molecular weight is 196 g/mol. The zero-order valence-corrected chi connectivity index (χ0v) is 9.10. The van der Waals surface area contributed by atoms with Gasteiger partial charge in [0.2, 0.25) is 0 Å². The molecule has 0 fully saturated rings. The molecule has 1 unspecified atom stereocenters. The standard InChI is InChI=1S/C11H20N2O/c1-3-5-9-13-11(14)8-7-10(12)6-4-2/h10H,3-6,9,12H2,1-2H3,(H,13,14). The van der Waals surface area contributed by atoms with Crippen LogP contribution in [0.25, 0.3) is 0 Å². The van der Waals surface area contributed by atoms with Gasteiger partial charge in [-0.1, -0.05) is 32.6 Å². The van der Waals surface area contributed by atoms with Crippen molar-refractivity contribution >= 4 is 5.91 Å². The number of carbonyl (C=O) groups is 1. The highest BCUT2D eigenvalue weighted by Crippen LogP contribution is 1.90. The second-order valence-corrected chi connectivity index (χ2v) is 3.27. The van der Waals surface area contributed by atoms with Crippen LogP contribution in [-0.4, -0.2) is 18.5 Å². The molecular formula is C11H20N2O. The molecule has 3 N–H and O–H groups in total. The molecule has 0 radical (unpaired) electrons. The van der Waals surface area contributed by atoms with E-state index in [1.807, 2.05) is 6.92 Å². The minimum absolute atomic E-state index is 0.170. The molecule has 0 bridgehead atoms. The number of rotatable bonds is 5. The summed E-state index contributed by atoms with van der Waals surface area (Å²) in [5.41, 5.74) is 5.63. The molecule has 0 saturated heterocycles. The summed E-state index contributed by atoms with van der Waals surface area (Å²) < 4.78 is 0. The van der Waals surface area contributed by atoms with Crippen molar-refractivity contribution in [3.8, 4) is 11.8 Å². The fourth-order valence-corrected chi connectivity index (χ4v) is 0.964. The van der Waals surface area contributed by atoms with Gasteiger partial charge in [0.15, 0.2) is 0 Å². The van der Waals surface area contributed by atoms with Gasteiger partial charge in [0, 0.05) is 6.54 Å². The number of hydrogen-bond donors (Lipinski definition) is 2. The normalized spacial score (nSPS) is 11.4. The molecule has 0 aliphatic carbocycles. The summed E-state index contributed by atoms with van der Waals surface area (Å²) in [5.74, 6) is 5.01. The van der Waals surface area contributed by atoms with Crippen LogP contribution in [-0.2, 0) is 4.79 Å². The Morgan fingerprint density at radius 3 is 2.71 bits per heavy atom. The first-order valence-electron chi connectivity index (χ1n) is 5.25. The zero-order chi connectivity index (χ0) is 10.8. The van der Waals surface area contributed by atoms with Crippen molar-refractivity contribution in [1.29, 1.82) is 0 Å². The summed E-state index contributed by atoms with van der Waals surface area (Å²) in [4.78, 5) is 11.1. The lowest BCUT2D eigenvalue weighted by atomic mass is 10.2. The smallest absolute Gasteiger partial charge is 0.295 e. The summed E-state index contributed by atoms with van der Waals surface area (Å²) in [5, 5.41) is 2.71. The maximum Gasteiger partial charge on any atom is 0.295 e. The molecule has 0 aliphatic heterocycles. The summed E-state index contributed by atoms with van der Waals surface area (Å²) in [6.07, 6.45) is 3.90. The molecule has 0 aromatic heterocycles. The van der Waals surface area contributed by atoms with Crippen LogP contribution < -0.4 is 11.1 Å². The van der Waals surface area contributed by atoms with Crippen LogP contribution in [0.5, 0.6) is 0 Å². The Bertz CT molecular complexity index is 215. The average Bonchev–Trinajstić information content (AvgIpc) is 2.16. The van der Waals surface area contributed by atoms with E-state index in [1.165, 1.54) is 0 Å². The summed E-state index contributed by atoms with van der Waals surface area (Å²) in [6, 6.07) is -0.170. The minimum Gasteiger partial charge on any atom is -0.345 e. The maximum absolute atomic E-state index is 11.1. The van der Waals surface area contributed by atoms with E-state index in [9.17, 15) is 4.79 Å². The minimum atomic E-state index is -0.218. The third-order valence-corrected chi connectivity index (χ3v) is 1.79. The fourth-order valence-electron chi connectivity index (χ4n) is 0.964. The van der Waals surface area contributed by atoms with Gasteiger partial charge >= 0.3 is 0 Å². The molecule has 0 aliphatic rings. The van der Waals surface area contributed by atoms with E-state index in [-0.39, 0.29) is 11.9 Å². The monoisotopic (exact) mass is 196 g/mol. The molecule has 80 valence electrons. The highest BCUT2D eigenvalue weighted by Gasteiger charge is 1.96. The molecule has 3 nitrogen and oxygen atoms in total. The molecule has 0 heterocycles. The van der Waals surface area contributed by atoms with Gasteiger partial charge in [-0.05, 0) is 18.8 Å². The lowest BCUT2D eigenvalue weighted by Gasteiger charge is -2.00. The van der Waals surface area contributed by atoms with Crippen molar-refractivity contribution < 1.29 is 4.79 Å². The second-order valence-electron chi connectivity index (χ2n) is 3.27. The number of nitrogens with two attached hydrogens (primary N) is 1. The molecular weight excluding hydrogens is 176 g/mol. The molecule has 14 heavy (non-hydrogen) atoms. The molecule has 3 heteroatoms. The van der Waals surface area contributed by atoms with Crippen molar-refractivity contribution in [1.82, 2.24) is 5.32 Å². The molecule has 1 atom stereocenters. The largest absolute Gasteiger partial charge is 0.345 e. The Morgan fingerprint density at radius 1 is 1.43 bits per heavy atom. The first-order chi connectivity index (χ1) is 6.70. The lowest BCUT2D eigenvalue weighted by molar-refractivity contribution is -0.115. The fraction of sp³-hybridized carbons (Fsp3) is 0.727. The van der Waals surface area contributed by atoms with Crippen LogP contribution in [0.4, 0.5) is 0 Å². The highest BCUT2D eigenvalue weighted by atomic mass is 16.1. The van der Waals surface area contributed by atoms with Gasteiger partial charge in [-0.2, -0.15) is 0 Å². The van der Waals surface area contributed by atoms with E-state index in [4.69, 9.17) is 5.73 Å². The highest BCUT2D eigenvalue weighted by molar-refractivity contribution is 5.93. The Kier molecular flexibility index (Phi) is 7.96. The van der Waals surface area contributed by atoms with Gasteiger partial charge in [0.05, 0.1) is 6.04 Å². The van der Waals surface area contributed by atoms with E-state index in [1.54, 1.807) is 0 Å². The van der Waals surface area contributed by atoms with Gasteiger partial charge in [-0.25, -0.2) is 0 Å². The van der Waals surface area contributed by atoms with Crippen molar-refractivity contribution in [2.45, 2.75) is 45.6 Å². The molecule has 1 amide bonds. The maximum atomic E-state index is 11.1. The van der Waals surface area contributed by atoms with Crippen LogP contribution >= 0.6 is 0 Å². The third-order valence-electron chi connectivity index (χ3n) is 1.79. The Hall–Kier alpha value is -1.01. The second kappa shape index (κ2) is 8.58. The predicted octanol–water partition coefficient (Wildman–Crippen LogP) is 1.03. The molecule has 0 aromatic rings. The number of hydrogen-bond acceptors (Lipinski definition) is 2. The van der Waals surface area contributed by atoms with Crippen LogP contribution in [0.1, 0.15) is 39.5 Å². The Morgan fingerprint density at radius 2 is 2.14 bits per heavy atom. The summed E-state index contributed by atoms with van der Waals surface area (Å²) in [6.45, 7) is 4.82. The molecule has 0 saturated carbocycles. The van der Waals surface area contributed by atoms with Gasteiger partial charge in [-0.3, -0.25) is 4.79 Å². The lowest BCUT2D eigenvalue weighted by Crippen LogP contribution is -2.24. The number of carbonyl (C=O) groups excluding carboxylic acids is 1. The van der Waals surface area contributed by atoms with E-state index >= 15 is 0 Å². The van der Waals surface area contributed by atoms with Gasteiger partial charge in [0.1, 0.15) is 0 Å². The number of unbranched alkanes of at least 4 members (excludes halogenated alkanes) is 1. The van der Waals surface area contributed by atoms with Crippen LogP contribution in [0.3, 0.4) is 0 Å². The Balaban J connectivity index is 3.68. The van der Waals surface area contributed by atoms with Crippen molar-refractivity contribution in [2.75, 3.05) is 6.54 Å². The van der Waals surface area contributed by atoms with E-state index in [0.29, 0.717) is 6.54 Å². The molecule has 0 aromatic carbocycles. The number of nitrogens with one attached hydrogen (secondary N) is 1. The van der Waals surface area contributed by atoms with Crippen LogP contribution in [0, 0.1) is 11.8 Å². The van der Waals surface area contributed by atoms with E-state index in [0.717, 1.165) is 25.7 Å². The van der Waals surface area contributed by atoms with Gasteiger partial charge in [-0.15, -0.1) is 0 Å². The van der Waals surface area contributed by atoms with E-state index < -0.39 is 0 Å². The van der Waals surface area contributed by atoms with Crippen LogP contribution in [0.2, 0.25) is 0 Å². The first kappa shape index (κ1) is 13.0. The summed E-state index contributed by atoms with van der Waals surface area (Å²) in [7, 11) is 0. The van der Waals surface area contributed by atoms with Crippen molar-refractivity contribution in [3.05, 3.63) is 0 Å². The molecule has 0 rings (SSSR count). The molecule has 0 spiro atoms. The topological polar surface area (TPSA) is 55.1 Å². The Labute approximate surface area is 86.4 Å². The SMILES string of the molecule is CCCCNC(=O)C#CC(N)CCC. The van der Waals surface area contributed by atoms with E-state index in [2.05, 4.69) is 24.1 Å². The van der Waals surface area contributed by atoms with Crippen molar-refractivity contribution in [3.63, 3.8) is 0 Å². The van der Waals surface area contributed by atoms with Crippen LogP contribution in [0.15, 0.2) is 0 Å². The third kappa shape index (κ3) is 7.63. The number of amides is 1. The van der Waals surface area contributed by atoms with Gasteiger partial charge in [0.25, 0.3) is 5.91 Å².